The van der Waals surface area contributed by atoms with Crippen molar-refractivity contribution in [3.05, 3.63) is 79.3 Å². The third-order valence-electron chi connectivity index (χ3n) is 7.13. The van der Waals surface area contributed by atoms with Crippen LogP contribution in [-0.2, 0) is 21.8 Å². The van der Waals surface area contributed by atoms with Crippen molar-refractivity contribution >= 4 is 43.3 Å². The van der Waals surface area contributed by atoms with E-state index in [1.807, 2.05) is 31.4 Å². The first kappa shape index (κ1) is 24.5. The maximum Gasteiger partial charge on any atom is 0.242 e. The first-order valence-corrected chi connectivity index (χ1v) is 14.2. The summed E-state index contributed by atoms with van der Waals surface area (Å²) in [5.41, 5.74) is 5.77. The van der Waals surface area contributed by atoms with Gasteiger partial charge in [0, 0.05) is 62.2 Å². The van der Waals surface area contributed by atoms with Gasteiger partial charge < -0.3 is 14.6 Å². The van der Waals surface area contributed by atoms with Gasteiger partial charge in [0.2, 0.25) is 10.0 Å². The Balaban J connectivity index is 1.36. The number of benzene rings is 3. The van der Waals surface area contributed by atoms with Gasteiger partial charge in [0.15, 0.2) is 0 Å². The molecule has 194 valence electrons. The minimum atomic E-state index is -3.72. The van der Waals surface area contributed by atoms with E-state index >= 15 is 0 Å². The predicted molar refractivity (Wildman–Crippen MR) is 150 cm³/mol. The molecule has 0 amide bonds. The van der Waals surface area contributed by atoms with Crippen molar-refractivity contribution in [3.8, 4) is 11.1 Å². The van der Waals surface area contributed by atoms with Gasteiger partial charge in [-0.3, -0.25) is 9.97 Å². The lowest BCUT2D eigenvalue weighted by atomic mass is 10.0. The van der Waals surface area contributed by atoms with Crippen molar-refractivity contribution < 1.29 is 13.2 Å². The highest BCUT2D eigenvalue weighted by Crippen LogP contribution is 2.34. The summed E-state index contributed by atoms with van der Waals surface area (Å²) in [6.45, 7) is 1.75. The zero-order chi connectivity index (χ0) is 26.1. The summed E-state index contributed by atoms with van der Waals surface area (Å²) in [5, 5.41) is 4.51. The fourth-order valence-electron chi connectivity index (χ4n) is 5.01. The molecule has 1 saturated heterocycles. The predicted octanol–water partition coefficient (Wildman–Crippen LogP) is 5.24. The molecular formula is C29H29N5O3S. The Hall–Kier alpha value is -3.79. The first-order valence-electron chi connectivity index (χ1n) is 12.7. The summed E-state index contributed by atoms with van der Waals surface area (Å²) < 4.78 is 36.9. The average Bonchev–Trinajstić information content (AvgIpc) is 3.32. The Morgan fingerprint density at radius 3 is 2.68 bits per heavy atom. The SMILES string of the molecule is Cn1ccc2ccc(-c3cc(Nc4ccccc4S(=O)(=O)NCC4CCOCC4)cc4nccnc34)cc21. The third-order valence-corrected chi connectivity index (χ3v) is 8.61. The molecule has 0 radical (unpaired) electrons. The molecule has 1 aliphatic rings. The molecule has 38 heavy (non-hydrogen) atoms. The number of sulfonamides is 1. The second kappa shape index (κ2) is 10.2. The molecule has 0 saturated carbocycles. The number of nitrogens with one attached hydrogen (secondary N) is 2. The molecule has 2 N–H and O–H groups in total. The largest absolute Gasteiger partial charge is 0.381 e. The van der Waals surface area contributed by atoms with Gasteiger partial charge in [0.05, 0.1) is 16.7 Å². The van der Waals surface area contributed by atoms with Gasteiger partial charge in [-0.05, 0) is 66.1 Å². The van der Waals surface area contributed by atoms with E-state index in [9.17, 15) is 8.42 Å². The summed E-state index contributed by atoms with van der Waals surface area (Å²) in [6, 6.07) is 19.3. The lowest BCUT2D eigenvalue weighted by Crippen LogP contribution is -2.32. The van der Waals surface area contributed by atoms with Gasteiger partial charge in [-0.1, -0.05) is 24.3 Å². The second-order valence-corrected chi connectivity index (χ2v) is 11.4. The van der Waals surface area contributed by atoms with Gasteiger partial charge in [-0.15, -0.1) is 0 Å². The van der Waals surface area contributed by atoms with E-state index < -0.39 is 10.0 Å². The van der Waals surface area contributed by atoms with Crippen LogP contribution in [0.2, 0.25) is 0 Å². The normalized spacial score (nSPS) is 14.8. The Morgan fingerprint density at radius 2 is 1.82 bits per heavy atom. The van der Waals surface area contributed by atoms with Crippen LogP contribution in [0.1, 0.15) is 12.8 Å². The number of anilines is 2. The standard InChI is InChI=1S/C29H29N5O3S/c1-34-13-8-21-6-7-22(16-27(21)34)24-17-23(18-26-29(24)31-12-11-30-26)33-25-4-2-3-5-28(25)38(35,36)32-19-20-9-14-37-15-10-20/h2-8,11-13,16-18,20,32-33H,9-10,14-15,19H2,1H3. The molecule has 1 fully saturated rings. The van der Waals surface area contributed by atoms with E-state index in [1.54, 1.807) is 30.6 Å². The molecular weight excluding hydrogens is 498 g/mol. The molecule has 0 unspecified atom stereocenters. The van der Waals surface area contributed by atoms with Crippen LogP contribution in [0.15, 0.2) is 84.1 Å². The number of ether oxygens (including phenoxy) is 1. The first-order chi connectivity index (χ1) is 18.5. The third kappa shape index (κ3) is 4.88. The topological polar surface area (TPSA) is 98.1 Å². The van der Waals surface area contributed by atoms with E-state index in [0.717, 1.165) is 51.6 Å². The van der Waals surface area contributed by atoms with Crippen LogP contribution >= 0.6 is 0 Å². The van der Waals surface area contributed by atoms with Gasteiger partial charge in [0.1, 0.15) is 4.90 Å². The fourth-order valence-corrected chi connectivity index (χ4v) is 6.29. The van der Waals surface area contributed by atoms with Gasteiger partial charge in [-0.25, -0.2) is 13.1 Å². The molecule has 3 heterocycles. The summed E-state index contributed by atoms with van der Waals surface area (Å²) in [4.78, 5) is 9.36. The number of para-hydroxylation sites is 1. The summed E-state index contributed by atoms with van der Waals surface area (Å²) in [6.07, 6.45) is 7.11. The zero-order valence-corrected chi connectivity index (χ0v) is 21.9. The molecule has 8 nitrogen and oxygen atoms in total. The van der Waals surface area contributed by atoms with Crippen molar-refractivity contribution in [2.24, 2.45) is 13.0 Å². The van der Waals surface area contributed by atoms with Crippen molar-refractivity contribution in [3.63, 3.8) is 0 Å². The number of rotatable bonds is 7. The zero-order valence-electron chi connectivity index (χ0n) is 21.1. The van der Waals surface area contributed by atoms with Crippen LogP contribution in [0.25, 0.3) is 33.1 Å². The quantitative estimate of drug-likeness (QED) is 0.301. The van der Waals surface area contributed by atoms with Gasteiger partial charge in [-0.2, -0.15) is 0 Å². The van der Waals surface area contributed by atoms with Crippen LogP contribution in [0.4, 0.5) is 11.4 Å². The fraction of sp³-hybridized carbons (Fsp3) is 0.241. The molecule has 0 atom stereocenters. The Morgan fingerprint density at radius 1 is 1.00 bits per heavy atom. The van der Waals surface area contributed by atoms with Gasteiger partial charge in [0.25, 0.3) is 0 Å². The summed E-state index contributed by atoms with van der Waals surface area (Å²) in [5.74, 6) is 0.279. The monoisotopic (exact) mass is 527 g/mol. The van der Waals surface area contributed by atoms with Crippen molar-refractivity contribution in [1.29, 1.82) is 0 Å². The van der Waals surface area contributed by atoms with Gasteiger partial charge >= 0.3 is 0 Å². The molecule has 0 bridgehead atoms. The maximum absolute atomic E-state index is 13.3. The average molecular weight is 528 g/mol. The molecule has 0 spiro atoms. The Bertz CT molecular complexity index is 1730. The minimum Gasteiger partial charge on any atom is -0.381 e. The molecule has 0 aliphatic carbocycles. The summed E-state index contributed by atoms with van der Waals surface area (Å²) in [7, 11) is -1.70. The number of hydrogen-bond acceptors (Lipinski definition) is 6. The van der Waals surface area contributed by atoms with Crippen molar-refractivity contribution in [2.45, 2.75) is 17.7 Å². The van der Waals surface area contributed by atoms with Crippen LogP contribution in [0, 0.1) is 5.92 Å². The van der Waals surface area contributed by atoms with E-state index in [2.05, 4.69) is 48.8 Å². The highest BCUT2D eigenvalue weighted by atomic mass is 32.2. The Labute approximate surface area is 221 Å². The highest BCUT2D eigenvalue weighted by molar-refractivity contribution is 7.89. The van der Waals surface area contributed by atoms with Crippen LogP contribution in [0.3, 0.4) is 0 Å². The van der Waals surface area contributed by atoms with Crippen molar-refractivity contribution in [2.75, 3.05) is 25.1 Å². The number of hydrogen-bond donors (Lipinski definition) is 2. The highest BCUT2D eigenvalue weighted by Gasteiger charge is 2.22. The van der Waals surface area contributed by atoms with E-state index in [-0.39, 0.29) is 10.8 Å². The number of aromatic nitrogens is 3. The Kier molecular flexibility index (Phi) is 6.57. The van der Waals surface area contributed by atoms with Crippen LogP contribution < -0.4 is 10.0 Å². The molecule has 1 aliphatic heterocycles. The van der Waals surface area contributed by atoms with Crippen LogP contribution in [-0.4, -0.2) is 42.7 Å². The lowest BCUT2D eigenvalue weighted by Gasteiger charge is -2.22. The molecule has 6 rings (SSSR count). The van der Waals surface area contributed by atoms with Crippen LogP contribution in [0.5, 0.6) is 0 Å². The second-order valence-electron chi connectivity index (χ2n) is 9.68. The molecule has 2 aromatic heterocycles. The molecule has 3 aromatic carbocycles. The molecule has 9 heteroatoms. The lowest BCUT2D eigenvalue weighted by molar-refractivity contribution is 0.0678. The van der Waals surface area contributed by atoms with E-state index in [4.69, 9.17) is 4.74 Å². The van der Waals surface area contributed by atoms with E-state index in [0.29, 0.717) is 25.4 Å². The number of aryl methyl sites for hydroxylation is 1. The van der Waals surface area contributed by atoms with E-state index in [1.165, 1.54) is 0 Å². The minimum absolute atomic E-state index is 0.207. The maximum atomic E-state index is 13.3. The smallest absolute Gasteiger partial charge is 0.242 e. The molecule has 5 aromatic rings. The summed E-state index contributed by atoms with van der Waals surface area (Å²) >= 11 is 0. The number of fused-ring (bicyclic) bond motifs is 2. The van der Waals surface area contributed by atoms with Crippen molar-refractivity contribution in [1.82, 2.24) is 19.3 Å². The number of nitrogens with zero attached hydrogens (tertiary/aromatic N) is 3.